The van der Waals surface area contributed by atoms with E-state index in [1.165, 1.54) is 17.0 Å². The topological polar surface area (TPSA) is 75.9 Å². The van der Waals surface area contributed by atoms with Crippen LogP contribution in [0.25, 0.3) is 0 Å². The van der Waals surface area contributed by atoms with Gasteiger partial charge in [-0.3, -0.25) is 9.59 Å². The van der Waals surface area contributed by atoms with Crippen LogP contribution in [0.3, 0.4) is 0 Å². The van der Waals surface area contributed by atoms with E-state index in [0.29, 0.717) is 42.1 Å². The lowest BCUT2D eigenvalue weighted by Gasteiger charge is -2.25. The van der Waals surface area contributed by atoms with E-state index in [1.54, 1.807) is 30.9 Å². The second-order valence-corrected chi connectivity index (χ2v) is 8.52. The molecule has 2 aromatic carbocycles. The van der Waals surface area contributed by atoms with Gasteiger partial charge in [0.05, 0.1) is 18.4 Å². The van der Waals surface area contributed by atoms with Crippen LogP contribution in [0.5, 0.6) is 0 Å². The number of aryl methyl sites for hydroxylation is 2. The quantitative estimate of drug-likeness (QED) is 0.534. The lowest BCUT2D eigenvalue weighted by Crippen LogP contribution is -2.40. The van der Waals surface area contributed by atoms with Crippen molar-refractivity contribution in [1.82, 2.24) is 15.0 Å². The summed E-state index contributed by atoms with van der Waals surface area (Å²) in [7, 11) is 0. The van der Waals surface area contributed by atoms with E-state index in [0.717, 1.165) is 5.56 Å². The average molecular weight is 466 g/mol. The molecule has 1 unspecified atom stereocenters. The van der Waals surface area contributed by atoms with Crippen LogP contribution >= 0.6 is 0 Å². The summed E-state index contributed by atoms with van der Waals surface area (Å²) in [6.07, 6.45) is 0.260. The molecule has 0 radical (unpaired) electrons. The Morgan fingerprint density at radius 2 is 1.88 bits per heavy atom. The maximum atomic E-state index is 13.6. The molecule has 2 heterocycles. The molecule has 1 aliphatic rings. The minimum absolute atomic E-state index is 0.0580. The first-order valence-electron chi connectivity index (χ1n) is 11.3. The Bertz CT molecular complexity index is 1130. The molecule has 178 valence electrons. The summed E-state index contributed by atoms with van der Waals surface area (Å²) in [6.45, 7) is 4.58. The van der Waals surface area contributed by atoms with Crippen LogP contribution in [-0.4, -0.2) is 59.1 Å². The molecule has 1 saturated heterocycles. The van der Waals surface area contributed by atoms with Crippen LogP contribution in [0, 0.1) is 19.7 Å². The summed E-state index contributed by atoms with van der Waals surface area (Å²) in [5, 5.41) is 3.87. The molecule has 0 saturated carbocycles. The third kappa shape index (κ3) is 5.69. The number of carbonyl (C=O) groups is 2. The summed E-state index contributed by atoms with van der Waals surface area (Å²) >= 11 is 0. The number of nitrogens with zero attached hydrogens (tertiary/aromatic N) is 3. The van der Waals surface area contributed by atoms with E-state index in [-0.39, 0.29) is 37.3 Å². The fraction of sp³-hybridized carbons (Fsp3) is 0.346. The van der Waals surface area contributed by atoms with Gasteiger partial charge in [0.1, 0.15) is 23.7 Å². The molecule has 8 heteroatoms. The number of ether oxygens (including phenoxy) is 1. The number of halogens is 1. The summed E-state index contributed by atoms with van der Waals surface area (Å²) in [4.78, 5) is 29.7. The van der Waals surface area contributed by atoms with Gasteiger partial charge in [-0.05, 0) is 43.5 Å². The number of rotatable bonds is 7. The van der Waals surface area contributed by atoms with E-state index in [2.05, 4.69) is 5.16 Å². The highest BCUT2D eigenvalue weighted by atomic mass is 19.1. The van der Waals surface area contributed by atoms with Gasteiger partial charge >= 0.3 is 0 Å². The van der Waals surface area contributed by atoms with Crippen LogP contribution in [0.2, 0.25) is 0 Å². The Kier molecular flexibility index (Phi) is 7.37. The SMILES string of the molecule is Cc1noc(C)c1C(=O)N1CC(=O)N(CCc2ccccc2)CC(OCc2cccc(F)c2)C1. The largest absolute Gasteiger partial charge is 0.370 e. The molecule has 1 atom stereocenters. The molecule has 7 nitrogen and oxygen atoms in total. The lowest BCUT2D eigenvalue weighted by atomic mass is 10.1. The zero-order valence-corrected chi connectivity index (χ0v) is 19.4. The first-order valence-corrected chi connectivity index (χ1v) is 11.3. The van der Waals surface area contributed by atoms with Crippen molar-refractivity contribution >= 4 is 11.8 Å². The predicted octanol–water partition coefficient (Wildman–Crippen LogP) is 3.54. The summed E-state index contributed by atoms with van der Waals surface area (Å²) in [5.41, 5.74) is 2.67. The van der Waals surface area contributed by atoms with Crippen LogP contribution in [0.1, 0.15) is 32.9 Å². The average Bonchev–Trinajstić information content (AvgIpc) is 3.07. The second kappa shape index (κ2) is 10.6. The molecule has 1 aliphatic heterocycles. The van der Waals surface area contributed by atoms with Gasteiger partial charge in [0, 0.05) is 19.6 Å². The number of benzene rings is 2. The fourth-order valence-electron chi connectivity index (χ4n) is 4.15. The monoisotopic (exact) mass is 465 g/mol. The molecule has 4 rings (SSSR count). The Hall–Kier alpha value is -3.52. The van der Waals surface area contributed by atoms with E-state index in [1.807, 2.05) is 30.3 Å². The molecule has 0 aliphatic carbocycles. The third-order valence-electron chi connectivity index (χ3n) is 5.95. The molecule has 1 aromatic heterocycles. The van der Waals surface area contributed by atoms with Gasteiger partial charge in [0.2, 0.25) is 5.91 Å². The molecular weight excluding hydrogens is 437 g/mol. The van der Waals surface area contributed by atoms with Crippen molar-refractivity contribution in [2.75, 3.05) is 26.2 Å². The van der Waals surface area contributed by atoms with Crippen molar-refractivity contribution in [3.63, 3.8) is 0 Å². The lowest BCUT2D eigenvalue weighted by molar-refractivity contribution is -0.131. The minimum atomic E-state index is -0.435. The molecule has 0 N–H and O–H groups in total. The normalized spacial score (nSPS) is 16.6. The van der Waals surface area contributed by atoms with Crippen molar-refractivity contribution in [2.24, 2.45) is 0 Å². The van der Waals surface area contributed by atoms with Crippen LogP contribution in [-0.2, 0) is 22.6 Å². The first-order chi connectivity index (χ1) is 16.4. The number of aromatic nitrogens is 1. The fourth-order valence-corrected chi connectivity index (χ4v) is 4.15. The van der Waals surface area contributed by atoms with Gasteiger partial charge in [-0.2, -0.15) is 0 Å². The maximum absolute atomic E-state index is 13.6. The summed E-state index contributed by atoms with van der Waals surface area (Å²) < 4.78 is 24.9. The number of amides is 2. The first kappa shape index (κ1) is 23.6. The summed E-state index contributed by atoms with van der Waals surface area (Å²) in [5.74, 6) is -0.379. The smallest absolute Gasteiger partial charge is 0.259 e. The van der Waals surface area contributed by atoms with Gasteiger partial charge in [-0.1, -0.05) is 47.6 Å². The minimum Gasteiger partial charge on any atom is -0.370 e. The van der Waals surface area contributed by atoms with Gasteiger partial charge in [0.25, 0.3) is 5.91 Å². The third-order valence-corrected chi connectivity index (χ3v) is 5.95. The van der Waals surface area contributed by atoms with Crippen LogP contribution in [0.4, 0.5) is 4.39 Å². The summed E-state index contributed by atoms with van der Waals surface area (Å²) in [6, 6.07) is 16.1. The zero-order valence-electron chi connectivity index (χ0n) is 19.4. The molecule has 34 heavy (non-hydrogen) atoms. The molecule has 0 spiro atoms. The van der Waals surface area contributed by atoms with Crippen LogP contribution in [0.15, 0.2) is 59.1 Å². The number of hydrogen-bond donors (Lipinski definition) is 0. The van der Waals surface area contributed by atoms with E-state index in [9.17, 15) is 14.0 Å². The van der Waals surface area contributed by atoms with Crippen LogP contribution < -0.4 is 0 Å². The van der Waals surface area contributed by atoms with Gasteiger partial charge in [0.15, 0.2) is 0 Å². The highest BCUT2D eigenvalue weighted by molar-refractivity contribution is 5.98. The van der Waals surface area contributed by atoms with E-state index in [4.69, 9.17) is 9.26 Å². The number of carbonyl (C=O) groups excluding carboxylic acids is 2. The Labute approximate surface area is 198 Å². The highest BCUT2D eigenvalue weighted by Crippen LogP contribution is 2.19. The molecular formula is C26H28FN3O4. The molecule has 3 aromatic rings. The van der Waals surface area contributed by atoms with Crippen molar-refractivity contribution in [1.29, 1.82) is 0 Å². The highest BCUT2D eigenvalue weighted by Gasteiger charge is 2.33. The van der Waals surface area contributed by atoms with Crippen molar-refractivity contribution in [3.8, 4) is 0 Å². The van der Waals surface area contributed by atoms with Crippen molar-refractivity contribution in [3.05, 3.63) is 88.6 Å². The zero-order chi connectivity index (χ0) is 24.1. The standard InChI is InChI=1S/C26H28FN3O4/c1-18-25(19(2)34-28-18)26(32)30-15-23(33-17-21-9-6-10-22(27)13-21)14-29(24(31)16-30)12-11-20-7-4-3-5-8-20/h3-10,13,23H,11-12,14-17H2,1-2H3. The van der Waals surface area contributed by atoms with E-state index < -0.39 is 6.10 Å². The van der Waals surface area contributed by atoms with E-state index >= 15 is 0 Å². The molecule has 2 amide bonds. The second-order valence-electron chi connectivity index (χ2n) is 8.52. The number of hydrogen-bond acceptors (Lipinski definition) is 5. The maximum Gasteiger partial charge on any atom is 0.259 e. The Morgan fingerprint density at radius 1 is 1.12 bits per heavy atom. The van der Waals surface area contributed by atoms with Gasteiger partial charge in [-0.15, -0.1) is 0 Å². The predicted molar refractivity (Wildman–Crippen MR) is 124 cm³/mol. The Morgan fingerprint density at radius 3 is 2.59 bits per heavy atom. The molecule has 0 bridgehead atoms. The van der Waals surface area contributed by atoms with Gasteiger partial charge in [-0.25, -0.2) is 4.39 Å². The molecule has 1 fully saturated rings. The van der Waals surface area contributed by atoms with Crippen molar-refractivity contribution in [2.45, 2.75) is 33.0 Å². The Balaban J connectivity index is 1.52. The van der Waals surface area contributed by atoms with Crippen molar-refractivity contribution < 1.29 is 23.2 Å². The van der Waals surface area contributed by atoms with Gasteiger partial charge < -0.3 is 19.1 Å².